The van der Waals surface area contributed by atoms with Gasteiger partial charge in [0.05, 0.1) is 7.11 Å². The third-order valence-electron chi connectivity index (χ3n) is 5.06. The molecule has 0 aliphatic heterocycles. The second-order valence-electron chi connectivity index (χ2n) is 7.32. The highest BCUT2D eigenvalue weighted by Gasteiger charge is 2.10. The lowest BCUT2D eigenvalue weighted by atomic mass is 10.2. The van der Waals surface area contributed by atoms with E-state index in [2.05, 4.69) is 10.3 Å². The molecule has 0 atom stereocenters. The van der Waals surface area contributed by atoms with Crippen molar-refractivity contribution in [1.82, 2.24) is 4.98 Å². The predicted molar refractivity (Wildman–Crippen MR) is 128 cm³/mol. The maximum absolute atomic E-state index is 12.4. The van der Waals surface area contributed by atoms with Crippen molar-refractivity contribution >= 4 is 28.8 Å². The normalized spacial score (nSPS) is 11.2. The lowest BCUT2D eigenvalue weighted by Crippen LogP contribution is -2.07. The number of nitrogens with zero attached hydrogens (tertiary/aromatic N) is 1. The number of hydrogen-bond acceptors (Lipinski definition) is 5. The Labute approximate surface area is 190 Å². The van der Waals surface area contributed by atoms with E-state index in [9.17, 15) is 4.79 Å². The average Bonchev–Trinajstić information content (AvgIpc) is 3.50. The summed E-state index contributed by atoms with van der Waals surface area (Å²) in [7, 11) is 1.61. The van der Waals surface area contributed by atoms with Gasteiger partial charge in [-0.3, -0.25) is 4.79 Å². The zero-order valence-electron chi connectivity index (χ0n) is 17.8. The predicted octanol–water partition coefficient (Wildman–Crippen LogP) is 6.42. The summed E-state index contributed by atoms with van der Waals surface area (Å²) in [4.78, 5) is 16.9. The number of anilines is 1. The summed E-state index contributed by atoms with van der Waals surface area (Å²) in [6.07, 6.45) is 3.07. The van der Waals surface area contributed by atoms with Gasteiger partial charge in [0, 0.05) is 22.9 Å². The molecule has 0 saturated heterocycles. The Bertz CT molecular complexity index is 1450. The van der Waals surface area contributed by atoms with Gasteiger partial charge in [-0.25, -0.2) is 4.98 Å². The molecule has 0 spiro atoms. The van der Waals surface area contributed by atoms with E-state index in [0.29, 0.717) is 28.4 Å². The van der Waals surface area contributed by atoms with E-state index >= 15 is 0 Å². The highest BCUT2D eigenvalue weighted by Crippen LogP contribution is 2.28. The molecule has 0 radical (unpaired) electrons. The summed E-state index contributed by atoms with van der Waals surface area (Å²) in [5, 5.41) is 2.84. The number of nitrogens with one attached hydrogen (secondary N) is 1. The Morgan fingerprint density at radius 1 is 0.909 bits per heavy atom. The van der Waals surface area contributed by atoms with Crippen LogP contribution < -0.4 is 10.1 Å². The van der Waals surface area contributed by atoms with Crippen LogP contribution in [-0.4, -0.2) is 18.0 Å². The number of benzene rings is 3. The van der Waals surface area contributed by atoms with Gasteiger partial charge in [-0.1, -0.05) is 36.4 Å². The number of fused-ring (bicyclic) bond motifs is 1. The molecule has 2 heterocycles. The molecule has 1 amide bonds. The van der Waals surface area contributed by atoms with E-state index in [0.717, 1.165) is 22.6 Å². The first-order valence-electron chi connectivity index (χ1n) is 10.4. The van der Waals surface area contributed by atoms with Crippen molar-refractivity contribution in [3.63, 3.8) is 0 Å². The topological polar surface area (TPSA) is 77.5 Å². The summed E-state index contributed by atoms with van der Waals surface area (Å²) in [6, 6.07) is 26.3. The van der Waals surface area contributed by atoms with Crippen molar-refractivity contribution in [3.8, 4) is 28.5 Å². The molecule has 1 N–H and O–H groups in total. The SMILES string of the molecule is COc1cccc(-c2nc3cc(NC(=O)/C=C/c4ccc(-c5ccccc5)o4)ccc3o2)c1. The number of furan rings is 1. The molecule has 5 rings (SSSR count). The number of methoxy groups -OCH3 is 1. The molecular weight excluding hydrogens is 416 g/mol. The number of aromatic nitrogens is 1. The largest absolute Gasteiger partial charge is 0.497 e. The third kappa shape index (κ3) is 4.55. The van der Waals surface area contributed by atoms with Crippen LogP contribution in [0.4, 0.5) is 5.69 Å². The second kappa shape index (κ2) is 8.88. The fourth-order valence-electron chi connectivity index (χ4n) is 3.43. The standard InChI is InChI=1S/C27H20N2O4/c1-31-22-9-5-8-19(16-22)27-29-23-17-20(10-13-25(23)33-27)28-26(30)15-12-21-11-14-24(32-21)18-6-3-2-4-7-18/h2-17H,1H3,(H,28,30)/b15-12+. The second-order valence-corrected chi connectivity index (χ2v) is 7.32. The molecule has 0 fully saturated rings. The summed E-state index contributed by atoms with van der Waals surface area (Å²) in [6.45, 7) is 0. The molecule has 6 nitrogen and oxygen atoms in total. The van der Waals surface area contributed by atoms with Crippen LogP contribution >= 0.6 is 0 Å². The molecule has 0 unspecified atom stereocenters. The van der Waals surface area contributed by atoms with E-state index in [1.165, 1.54) is 6.08 Å². The molecule has 6 heteroatoms. The van der Waals surface area contributed by atoms with Gasteiger partial charge < -0.3 is 18.9 Å². The molecule has 5 aromatic rings. The lowest BCUT2D eigenvalue weighted by Gasteiger charge is -2.00. The van der Waals surface area contributed by atoms with E-state index in [1.807, 2.05) is 66.7 Å². The summed E-state index contributed by atoms with van der Waals surface area (Å²) >= 11 is 0. The fraction of sp³-hybridized carbons (Fsp3) is 0.0370. The maximum Gasteiger partial charge on any atom is 0.248 e. The molecule has 162 valence electrons. The van der Waals surface area contributed by atoms with Crippen LogP contribution in [0.1, 0.15) is 5.76 Å². The van der Waals surface area contributed by atoms with Crippen molar-refractivity contribution in [1.29, 1.82) is 0 Å². The zero-order valence-corrected chi connectivity index (χ0v) is 17.8. The number of rotatable bonds is 6. The third-order valence-corrected chi connectivity index (χ3v) is 5.06. The van der Waals surface area contributed by atoms with Gasteiger partial charge in [-0.2, -0.15) is 0 Å². The van der Waals surface area contributed by atoms with Crippen LogP contribution in [0.2, 0.25) is 0 Å². The summed E-state index contributed by atoms with van der Waals surface area (Å²) in [5.41, 5.74) is 3.69. The highest BCUT2D eigenvalue weighted by atomic mass is 16.5. The number of oxazole rings is 1. The number of ether oxygens (including phenoxy) is 1. The molecule has 33 heavy (non-hydrogen) atoms. The fourth-order valence-corrected chi connectivity index (χ4v) is 3.43. The monoisotopic (exact) mass is 436 g/mol. The van der Waals surface area contributed by atoms with Crippen molar-refractivity contribution in [2.24, 2.45) is 0 Å². The number of amides is 1. The Morgan fingerprint density at radius 2 is 1.76 bits per heavy atom. The van der Waals surface area contributed by atoms with Crippen molar-refractivity contribution in [2.45, 2.75) is 0 Å². The van der Waals surface area contributed by atoms with Crippen LogP contribution in [0.15, 0.2) is 99.8 Å². The molecule has 2 aromatic heterocycles. The minimum Gasteiger partial charge on any atom is -0.497 e. The molecule has 0 saturated carbocycles. The first-order valence-corrected chi connectivity index (χ1v) is 10.4. The number of carbonyl (C=O) groups is 1. The Hall–Kier alpha value is -4.58. The van der Waals surface area contributed by atoms with Crippen LogP contribution in [0.25, 0.3) is 40.0 Å². The van der Waals surface area contributed by atoms with Crippen molar-refractivity contribution in [3.05, 3.63) is 96.8 Å². The van der Waals surface area contributed by atoms with Gasteiger partial charge >= 0.3 is 0 Å². The highest BCUT2D eigenvalue weighted by molar-refractivity contribution is 6.02. The molecule has 0 bridgehead atoms. The zero-order chi connectivity index (χ0) is 22.6. The molecule has 3 aromatic carbocycles. The smallest absolute Gasteiger partial charge is 0.248 e. The van der Waals surface area contributed by atoms with E-state index in [1.54, 1.807) is 31.4 Å². The van der Waals surface area contributed by atoms with Gasteiger partial charge in [-0.05, 0) is 54.6 Å². The van der Waals surface area contributed by atoms with Gasteiger partial charge in [-0.15, -0.1) is 0 Å². The molecular formula is C27H20N2O4. The van der Waals surface area contributed by atoms with Gasteiger partial charge in [0.2, 0.25) is 11.8 Å². The Kier molecular flexibility index (Phi) is 5.47. The Balaban J connectivity index is 1.29. The summed E-state index contributed by atoms with van der Waals surface area (Å²) < 4.78 is 16.9. The van der Waals surface area contributed by atoms with E-state index < -0.39 is 0 Å². The van der Waals surface area contributed by atoms with Crippen molar-refractivity contribution < 1.29 is 18.4 Å². The summed E-state index contributed by atoms with van der Waals surface area (Å²) in [5.74, 6) is 2.28. The Morgan fingerprint density at radius 3 is 2.61 bits per heavy atom. The van der Waals surface area contributed by atoms with Crippen LogP contribution in [0, 0.1) is 0 Å². The van der Waals surface area contributed by atoms with Crippen LogP contribution in [0.5, 0.6) is 5.75 Å². The first-order chi connectivity index (χ1) is 16.2. The van der Waals surface area contributed by atoms with Crippen LogP contribution in [0.3, 0.4) is 0 Å². The minimum atomic E-state index is -0.275. The van der Waals surface area contributed by atoms with E-state index in [4.69, 9.17) is 13.6 Å². The minimum absolute atomic E-state index is 0.275. The molecule has 0 aliphatic carbocycles. The first kappa shape index (κ1) is 20.3. The average molecular weight is 436 g/mol. The quantitative estimate of drug-likeness (QED) is 0.311. The van der Waals surface area contributed by atoms with Crippen LogP contribution in [-0.2, 0) is 4.79 Å². The van der Waals surface area contributed by atoms with Gasteiger partial charge in [0.1, 0.15) is 22.8 Å². The lowest BCUT2D eigenvalue weighted by molar-refractivity contribution is -0.111. The molecule has 0 aliphatic rings. The van der Waals surface area contributed by atoms with Gasteiger partial charge in [0.25, 0.3) is 0 Å². The maximum atomic E-state index is 12.4. The number of carbonyl (C=O) groups excluding carboxylic acids is 1. The van der Waals surface area contributed by atoms with Crippen molar-refractivity contribution in [2.75, 3.05) is 12.4 Å². The van der Waals surface area contributed by atoms with Gasteiger partial charge in [0.15, 0.2) is 5.58 Å². The van der Waals surface area contributed by atoms with E-state index in [-0.39, 0.29) is 5.91 Å². The number of hydrogen-bond donors (Lipinski definition) is 1.